The lowest BCUT2D eigenvalue weighted by Crippen LogP contribution is -2.22. The molecular weight excluding hydrogens is 831 g/mol. The first-order valence-corrected chi connectivity index (χ1v) is 24.0. The summed E-state index contributed by atoms with van der Waals surface area (Å²) in [6, 6.07) is 98.4. The number of para-hydroxylation sites is 2. The van der Waals surface area contributed by atoms with Gasteiger partial charge >= 0.3 is 0 Å². The van der Waals surface area contributed by atoms with Crippen LogP contribution in [0.4, 0.5) is 17.1 Å². The van der Waals surface area contributed by atoms with E-state index in [1.807, 2.05) is 0 Å². The highest BCUT2D eigenvalue weighted by Crippen LogP contribution is 2.55. The van der Waals surface area contributed by atoms with Crippen molar-refractivity contribution in [2.24, 2.45) is 0 Å². The normalized spacial score (nSPS) is 13.9. The van der Waals surface area contributed by atoms with Gasteiger partial charge in [-0.15, -0.1) is 0 Å². The molecular formula is C68H47N. The lowest BCUT2D eigenvalue weighted by atomic mass is 9.74. The molecule has 324 valence electrons. The van der Waals surface area contributed by atoms with Crippen molar-refractivity contribution in [3.63, 3.8) is 0 Å². The molecule has 0 aliphatic heterocycles. The van der Waals surface area contributed by atoms with Crippen LogP contribution in [0.2, 0.25) is 0 Å². The minimum Gasteiger partial charge on any atom is -0.309 e. The van der Waals surface area contributed by atoms with Gasteiger partial charge in [-0.25, -0.2) is 0 Å². The van der Waals surface area contributed by atoms with Crippen molar-refractivity contribution in [3.05, 3.63) is 284 Å². The van der Waals surface area contributed by atoms with Gasteiger partial charge in [0, 0.05) is 22.2 Å². The number of nitrogens with zero attached hydrogens (tertiary/aromatic N) is 1. The van der Waals surface area contributed by atoms with Crippen LogP contribution in [0.5, 0.6) is 0 Å². The Morgan fingerprint density at radius 3 is 1.57 bits per heavy atom. The summed E-state index contributed by atoms with van der Waals surface area (Å²) in [4.78, 5) is 2.50. The fraction of sp³-hybridized carbons (Fsp3) is 0.0294. The number of rotatable bonds is 8. The predicted octanol–water partition coefficient (Wildman–Crippen LogP) is 18.6. The number of hydrogen-bond donors (Lipinski definition) is 0. The van der Waals surface area contributed by atoms with E-state index in [4.69, 9.17) is 0 Å². The lowest BCUT2D eigenvalue weighted by Gasteiger charge is -2.30. The van der Waals surface area contributed by atoms with Crippen molar-refractivity contribution in [1.29, 1.82) is 0 Å². The minimum absolute atomic E-state index is 0.275. The number of hydrogen-bond acceptors (Lipinski definition) is 1. The zero-order chi connectivity index (χ0) is 45.9. The van der Waals surface area contributed by atoms with E-state index in [1.165, 1.54) is 93.5 Å². The van der Waals surface area contributed by atoms with Gasteiger partial charge in [-0.05, 0) is 125 Å². The summed E-state index contributed by atoms with van der Waals surface area (Å²) in [5, 5.41) is 7.44. The highest BCUT2D eigenvalue weighted by Gasteiger charge is 2.41. The van der Waals surface area contributed by atoms with Gasteiger partial charge in [0.05, 0.1) is 11.4 Å². The molecule has 0 saturated carbocycles. The van der Waals surface area contributed by atoms with Crippen LogP contribution in [0.3, 0.4) is 0 Å². The molecule has 1 atom stereocenters. The molecule has 0 saturated heterocycles. The van der Waals surface area contributed by atoms with Crippen molar-refractivity contribution in [3.8, 4) is 55.6 Å². The molecule has 0 N–H and O–H groups in total. The van der Waals surface area contributed by atoms with Gasteiger partial charge in [-0.2, -0.15) is 0 Å². The first kappa shape index (κ1) is 40.5. The average Bonchev–Trinajstić information content (AvgIpc) is 3.70. The number of fused-ring (bicyclic) bond motifs is 7. The highest BCUT2D eigenvalue weighted by molar-refractivity contribution is 6.14. The van der Waals surface area contributed by atoms with Crippen LogP contribution in [0.1, 0.15) is 23.6 Å². The molecule has 1 unspecified atom stereocenters. The molecule has 1 aliphatic carbocycles. The Labute approximate surface area is 403 Å². The molecule has 0 bridgehead atoms. The third-order valence-electron chi connectivity index (χ3n) is 14.8. The summed E-state index contributed by atoms with van der Waals surface area (Å²) in [7, 11) is 0. The van der Waals surface area contributed by atoms with Crippen molar-refractivity contribution in [1.82, 2.24) is 0 Å². The van der Waals surface area contributed by atoms with E-state index in [-0.39, 0.29) is 5.41 Å². The van der Waals surface area contributed by atoms with Crippen LogP contribution in [0.25, 0.3) is 88.0 Å². The first-order chi connectivity index (χ1) is 34.1. The van der Waals surface area contributed by atoms with Crippen molar-refractivity contribution >= 4 is 49.4 Å². The summed E-state index contributed by atoms with van der Waals surface area (Å²) >= 11 is 0. The number of benzene rings is 12. The Hall–Kier alpha value is -8.78. The summed E-state index contributed by atoms with van der Waals surface area (Å²) < 4.78 is 0. The second-order valence-corrected chi connectivity index (χ2v) is 18.4. The maximum absolute atomic E-state index is 2.50. The molecule has 0 amide bonds. The van der Waals surface area contributed by atoms with Gasteiger partial charge in [-0.3, -0.25) is 0 Å². The van der Waals surface area contributed by atoms with Crippen LogP contribution in [-0.4, -0.2) is 0 Å². The van der Waals surface area contributed by atoms with Gasteiger partial charge in [0.15, 0.2) is 0 Å². The highest BCUT2D eigenvalue weighted by atomic mass is 15.1. The van der Waals surface area contributed by atoms with Gasteiger partial charge in [0.2, 0.25) is 0 Å². The molecule has 1 nitrogen and oxygen atoms in total. The van der Waals surface area contributed by atoms with E-state index in [0.717, 1.165) is 28.2 Å². The van der Waals surface area contributed by atoms with Crippen LogP contribution in [0, 0.1) is 0 Å². The molecule has 13 rings (SSSR count). The van der Waals surface area contributed by atoms with Crippen molar-refractivity contribution in [2.45, 2.75) is 12.3 Å². The van der Waals surface area contributed by atoms with E-state index in [1.54, 1.807) is 0 Å². The summed E-state index contributed by atoms with van der Waals surface area (Å²) in [5.74, 6) is 0. The second kappa shape index (κ2) is 16.5. The van der Waals surface area contributed by atoms with E-state index in [0.29, 0.717) is 0 Å². The molecule has 69 heavy (non-hydrogen) atoms. The fourth-order valence-electron chi connectivity index (χ4n) is 11.6. The molecule has 0 heterocycles. The number of anilines is 3. The van der Waals surface area contributed by atoms with E-state index in [2.05, 4.69) is 279 Å². The summed E-state index contributed by atoms with van der Waals surface area (Å²) in [6.07, 6.45) is 0. The third kappa shape index (κ3) is 6.54. The molecule has 1 aliphatic rings. The Balaban J connectivity index is 1.03. The molecule has 0 aromatic heterocycles. The van der Waals surface area contributed by atoms with E-state index >= 15 is 0 Å². The maximum Gasteiger partial charge on any atom is 0.0540 e. The van der Waals surface area contributed by atoms with Gasteiger partial charge in [-0.1, -0.05) is 243 Å². The van der Waals surface area contributed by atoms with Crippen molar-refractivity contribution < 1.29 is 0 Å². The van der Waals surface area contributed by atoms with Crippen molar-refractivity contribution in [2.75, 3.05) is 4.90 Å². The van der Waals surface area contributed by atoms with Gasteiger partial charge < -0.3 is 4.90 Å². The second-order valence-electron chi connectivity index (χ2n) is 18.4. The van der Waals surface area contributed by atoms with Gasteiger partial charge in [0.1, 0.15) is 0 Å². The van der Waals surface area contributed by atoms with Crippen LogP contribution < -0.4 is 4.90 Å². The van der Waals surface area contributed by atoms with Crippen LogP contribution in [-0.2, 0) is 5.41 Å². The lowest BCUT2D eigenvalue weighted by molar-refractivity contribution is 0.714. The van der Waals surface area contributed by atoms with Gasteiger partial charge in [0.25, 0.3) is 0 Å². The SMILES string of the molecule is CC1(c2ccccc2)c2ccccc2-c2c(-c3ccc(N(c4ccccc4-c4cccc5c4ccc4ccccc45)c4ccccc4-c4cccc5cccc(-c6ccccc6)c45)cc3)cccc21. The summed E-state index contributed by atoms with van der Waals surface area (Å²) in [5.41, 5.74) is 19.2. The summed E-state index contributed by atoms with van der Waals surface area (Å²) in [6.45, 7) is 2.39. The minimum atomic E-state index is -0.275. The molecule has 0 radical (unpaired) electrons. The zero-order valence-electron chi connectivity index (χ0n) is 38.4. The largest absolute Gasteiger partial charge is 0.309 e. The molecule has 12 aromatic carbocycles. The molecule has 0 fully saturated rings. The quantitative estimate of drug-likeness (QED) is 0.138. The molecule has 0 spiro atoms. The Morgan fingerprint density at radius 2 is 0.797 bits per heavy atom. The average molecular weight is 878 g/mol. The van der Waals surface area contributed by atoms with E-state index in [9.17, 15) is 0 Å². The Kier molecular flexibility index (Phi) is 9.70. The first-order valence-electron chi connectivity index (χ1n) is 24.0. The fourth-order valence-corrected chi connectivity index (χ4v) is 11.6. The molecule has 12 aromatic rings. The molecule has 1 heteroatoms. The monoisotopic (exact) mass is 877 g/mol. The standard InChI is InChI=1S/C68H47N/c1-68(50-25-6-3-7-26-50)62-36-13-10-30-61(62)67-54(32-19-37-63(67)68)48-40-43-51(44-41-48)69(64-38-14-11-28-58(64)56-34-18-33-55-52-27-9-8-22-47(52)42-45-57(55)56)65-39-15-12-29-59(65)60-35-17-24-49-23-16-31-53(66(49)60)46-20-4-2-5-21-46/h2-45H,1H3. The van der Waals surface area contributed by atoms with Crippen LogP contribution >= 0.6 is 0 Å². The Bertz CT molecular complexity index is 3900. The van der Waals surface area contributed by atoms with Crippen LogP contribution in [0.15, 0.2) is 267 Å². The third-order valence-corrected chi connectivity index (χ3v) is 14.8. The maximum atomic E-state index is 2.50. The smallest absolute Gasteiger partial charge is 0.0540 e. The predicted molar refractivity (Wildman–Crippen MR) is 293 cm³/mol. The topological polar surface area (TPSA) is 3.24 Å². The zero-order valence-corrected chi connectivity index (χ0v) is 38.4. The van der Waals surface area contributed by atoms with E-state index < -0.39 is 0 Å². The Morgan fingerprint density at radius 1 is 0.290 bits per heavy atom.